The standard InChI is InChI=1S/C11H22N2OS/c1-10(11-4-5-11)12-15(14)9-8-13-6-2-3-7-13/h10-12H,2-9H2,1H3/t10-,15?/m1/s1. The van der Waals surface area contributed by atoms with Crippen molar-refractivity contribution in [2.45, 2.75) is 38.6 Å². The van der Waals surface area contributed by atoms with Gasteiger partial charge in [-0.25, -0.2) is 8.93 Å². The molecule has 1 unspecified atom stereocenters. The van der Waals surface area contributed by atoms with Crippen LogP contribution < -0.4 is 4.72 Å². The van der Waals surface area contributed by atoms with Crippen LogP contribution in [-0.2, 0) is 11.0 Å². The molecule has 15 heavy (non-hydrogen) atoms. The van der Waals surface area contributed by atoms with E-state index < -0.39 is 11.0 Å². The lowest BCUT2D eigenvalue weighted by Crippen LogP contribution is -2.34. The van der Waals surface area contributed by atoms with E-state index in [2.05, 4.69) is 16.5 Å². The van der Waals surface area contributed by atoms with E-state index in [-0.39, 0.29) is 0 Å². The van der Waals surface area contributed by atoms with Crippen LogP contribution in [-0.4, -0.2) is 40.5 Å². The van der Waals surface area contributed by atoms with Gasteiger partial charge in [-0.3, -0.25) is 0 Å². The van der Waals surface area contributed by atoms with Crippen LogP contribution in [0.15, 0.2) is 0 Å². The molecule has 0 amide bonds. The Morgan fingerprint density at radius 3 is 2.67 bits per heavy atom. The van der Waals surface area contributed by atoms with Gasteiger partial charge in [0.25, 0.3) is 0 Å². The molecule has 0 radical (unpaired) electrons. The quantitative estimate of drug-likeness (QED) is 0.742. The van der Waals surface area contributed by atoms with Crippen LogP contribution >= 0.6 is 0 Å². The predicted octanol–water partition coefficient (Wildman–Crippen LogP) is 1.13. The van der Waals surface area contributed by atoms with E-state index >= 15 is 0 Å². The first-order chi connectivity index (χ1) is 7.25. The summed E-state index contributed by atoms with van der Waals surface area (Å²) in [7, 11) is -0.818. The normalized spacial score (nSPS) is 26.7. The number of nitrogens with zero attached hydrogens (tertiary/aromatic N) is 1. The van der Waals surface area contributed by atoms with E-state index in [1.807, 2.05) is 0 Å². The summed E-state index contributed by atoms with van der Waals surface area (Å²) in [6.45, 7) is 5.56. The summed E-state index contributed by atoms with van der Waals surface area (Å²) in [6, 6.07) is 0.449. The number of nitrogens with one attached hydrogen (secondary N) is 1. The third-order valence-corrected chi connectivity index (χ3v) is 4.63. The highest BCUT2D eigenvalue weighted by atomic mass is 32.2. The molecular weight excluding hydrogens is 208 g/mol. The minimum absolute atomic E-state index is 0.449. The summed E-state index contributed by atoms with van der Waals surface area (Å²) in [5.41, 5.74) is 0. The van der Waals surface area contributed by atoms with Crippen molar-refractivity contribution in [3.63, 3.8) is 0 Å². The molecule has 3 nitrogen and oxygen atoms in total. The van der Waals surface area contributed by atoms with E-state index in [0.29, 0.717) is 6.04 Å². The third-order valence-electron chi connectivity index (χ3n) is 3.44. The lowest BCUT2D eigenvalue weighted by atomic mass is 10.2. The van der Waals surface area contributed by atoms with Gasteiger partial charge in [0.15, 0.2) is 0 Å². The average Bonchev–Trinajstić information content (AvgIpc) is 2.93. The van der Waals surface area contributed by atoms with Crippen molar-refractivity contribution < 1.29 is 4.21 Å². The Hall–Kier alpha value is 0.0700. The number of rotatable bonds is 6. The molecule has 2 fully saturated rings. The second-order valence-electron chi connectivity index (χ2n) is 4.84. The molecule has 2 atom stereocenters. The summed E-state index contributed by atoms with van der Waals surface area (Å²) < 4.78 is 14.9. The van der Waals surface area contributed by atoms with Crippen LogP contribution in [0.25, 0.3) is 0 Å². The second-order valence-corrected chi connectivity index (χ2v) is 6.18. The van der Waals surface area contributed by atoms with Crippen molar-refractivity contribution in [3.05, 3.63) is 0 Å². The first-order valence-electron chi connectivity index (χ1n) is 6.12. The second kappa shape index (κ2) is 5.41. The fraction of sp³-hybridized carbons (Fsp3) is 1.00. The Labute approximate surface area is 95.2 Å². The maximum Gasteiger partial charge on any atom is 0.0930 e. The van der Waals surface area contributed by atoms with Gasteiger partial charge < -0.3 is 4.90 Å². The summed E-state index contributed by atoms with van der Waals surface area (Å²) in [6.07, 6.45) is 5.27. The Kier molecular flexibility index (Phi) is 4.17. The molecule has 0 bridgehead atoms. The van der Waals surface area contributed by atoms with Crippen molar-refractivity contribution in [3.8, 4) is 0 Å². The molecule has 2 rings (SSSR count). The summed E-state index contributed by atoms with van der Waals surface area (Å²) in [5.74, 6) is 1.58. The minimum atomic E-state index is -0.818. The molecule has 1 saturated carbocycles. The van der Waals surface area contributed by atoms with E-state index in [1.54, 1.807) is 0 Å². The Morgan fingerprint density at radius 2 is 2.07 bits per heavy atom. The molecule has 1 saturated heterocycles. The molecule has 1 N–H and O–H groups in total. The fourth-order valence-corrected chi connectivity index (χ4v) is 3.33. The Bertz CT molecular complexity index is 225. The van der Waals surface area contributed by atoms with Gasteiger partial charge in [0, 0.05) is 12.6 Å². The Balaban J connectivity index is 1.59. The summed E-state index contributed by atoms with van der Waals surface area (Å²) >= 11 is 0. The van der Waals surface area contributed by atoms with Gasteiger partial charge in [0.1, 0.15) is 0 Å². The summed E-state index contributed by atoms with van der Waals surface area (Å²) in [5, 5.41) is 0. The molecule has 1 heterocycles. The highest BCUT2D eigenvalue weighted by Gasteiger charge is 2.28. The highest BCUT2D eigenvalue weighted by Crippen LogP contribution is 2.32. The minimum Gasteiger partial charge on any atom is -0.302 e. The fourth-order valence-electron chi connectivity index (χ4n) is 2.18. The van der Waals surface area contributed by atoms with Crippen molar-refractivity contribution in [2.75, 3.05) is 25.4 Å². The maximum atomic E-state index is 11.7. The molecule has 4 heteroatoms. The van der Waals surface area contributed by atoms with Crippen LogP contribution in [0.1, 0.15) is 32.6 Å². The molecule has 0 spiro atoms. The van der Waals surface area contributed by atoms with Crippen LogP contribution in [0.4, 0.5) is 0 Å². The van der Waals surface area contributed by atoms with Crippen molar-refractivity contribution in [1.82, 2.24) is 9.62 Å². The first kappa shape index (κ1) is 11.6. The van der Waals surface area contributed by atoms with Crippen molar-refractivity contribution in [2.24, 2.45) is 5.92 Å². The van der Waals surface area contributed by atoms with Gasteiger partial charge in [-0.15, -0.1) is 0 Å². The SMILES string of the molecule is C[C@@H](NS(=O)CCN1CCCC1)C1CC1. The first-order valence-corrected chi connectivity index (χ1v) is 7.44. The highest BCUT2D eigenvalue weighted by molar-refractivity contribution is 7.83. The molecule has 0 aromatic carbocycles. The zero-order valence-electron chi connectivity index (χ0n) is 9.58. The maximum absolute atomic E-state index is 11.7. The molecule has 1 aliphatic heterocycles. The van der Waals surface area contributed by atoms with E-state index in [1.165, 1.54) is 38.8 Å². The average molecular weight is 230 g/mol. The lowest BCUT2D eigenvalue weighted by molar-refractivity contribution is 0.360. The zero-order chi connectivity index (χ0) is 10.7. The van der Waals surface area contributed by atoms with E-state index in [9.17, 15) is 4.21 Å². The third kappa shape index (κ3) is 3.85. The van der Waals surface area contributed by atoms with Crippen molar-refractivity contribution in [1.29, 1.82) is 0 Å². The predicted molar refractivity (Wildman–Crippen MR) is 64.0 cm³/mol. The van der Waals surface area contributed by atoms with Gasteiger partial charge in [-0.1, -0.05) is 0 Å². The lowest BCUT2D eigenvalue weighted by Gasteiger charge is -2.16. The molecule has 0 aromatic rings. The number of hydrogen-bond acceptors (Lipinski definition) is 2. The van der Waals surface area contributed by atoms with Crippen molar-refractivity contribution >= 4 is 11.0 Å². The topological polar surface area (TPSA) is 32.3 Å². The van der Waals surface area contributed by atoms with Gasteiger partial charge >= 0.3 is 0 Å². The monoisotopic (exact) mass is 230 g/mol. The molecule has 2 aliphatic rings. The molecule has 0 aromatic heterocycles. The Morgan fingerprint density at radius 1 is 1.40 bits per heavy atom. The molecule has 1 aliphatic carbocycles. The van der Waals surface area contributed by atoms with Crippen LogP contribution in [0, 0.1) is 5.92 Å². The van der Waals surface area contributed by atoms with Gasteiger partial charge in [-0.05, 0) is 51.6 Å². The van der Waals surface area contributed by atoms with Crippen LogP contribution in [0.2, 0.25) is 0 Å². The largest absolute Gasteiger partial charge is 0.302 e. The number of hydrogen-bond donors (Lipinski definition) is 1. The van der Waals surface area contributed by atoms with Gasteiger partial charge in [0.2, 0.25) is 0 Å². The molecule has 88 valence electrons. The van der Waals surface area contributed by atoms with E-state index in [0.717, 1.165) is 18.2 Å². The van der Waals surface area contributed by atoms with Gasteiger partial charge in [-0.2, -0.15) is 0 Å². The van der Waals surface area contributed by atoms with E-state index in [4.69, 9.17) is 0 Å². The molecular formula is C11H22N2OS. The van der Waals surface area contributed by atoms with Crippen LogP contribution in [0.5, 0.6) is 0 Å². The van der Waals surface area contributed by atoms with Gasteiger partial charge in [0.05, 0.1) is 16.7 Å². The summed E-state index contributed by atoms with van der Waals surface area (Å²) in [4.78, 5) is 2.42. The smallest absolute Gasteiger partial charge is 0.0930 e. The van der Waals surface area contributed by atoms with Crippen LogP contribution in [0.3, 0.4) is 0 Å². The number of likely N-dealkylation sites (tertiary alicyclic amines) is 1. The zero-order valence-corrected chi connectivity index (χ0v) is 10.4.